The normalized spacial score (nSPS) is 18.2. The van der Waals surface area contributed by atoms with Crippen LogP contribution in [0, 0.1) is 0 Å². The Kier molecular flexibility index (Phi) is 6.50. The molecule has 0 fully saturated rings. The first kappa shape index (κ1) is 22.8. The molecule has 1 aliphatic heterocycles. The van der Waals surface area contributed by atoms with Crippen LogP contribution in [0.2, 0.25) is 15.1 Å². The number of nitrogens with zero attached hydrogens (tertiary/aromatic N) is 3. The summed E-state index contributed by atoms with van der Waals surface area (Å²) < 4.78 is 0. The summed E-state index contributed by atoms with van der Waals surface area (Å²) in [6.45, 7) is 0. The number of hydrogen-bond acceptors (Lipinski definition) is 4. The summed E-state index contributed by atoms with van der Waals surface area (Å²) in [7, 11) is 0. The Morgan fingerprint density at radius 1 is 0.882 bits per heavy atom. The van der Waals surface area contributed by atoms with Crippen LogP contribution in [-0.4, -0.2) is 16.9 Å². The highest BCUT2D eigenvalue weighted by molar-refractivity contribution is 6.35. The van der Waals surface area contributed by atoms with E-state index in [0.29, 0.717) is 27.2 Å². The standard InChI is InChI=1S/C26H19Cl3N4O/c27-18-7-5-15(6-8-18)22-13-23(33-32-22)25(20-10-9-19(28)12-21(20)29)31-26(34)24-11-16-3-1-2-4-17(16)14-30-24/h1-12,14,22-23,25H,13H2,(H,31,34). The van der Waals surface area contributed by atoms with Gasteiger partial charge in [-0.05, 0) is 46.8 Å². The van der Waals surface area contributed by atoms with Crippen LogP contribution in [0.15, 0.2) is 89.2 Å². The van der Waals surface area contributed by atoms with E-state index in [9.17, 15) is 4.79 Å². The van der Waals surface area contributed by atoms with Gasteiger partial charge in [0.25, 0.3) is 5.91 Å². The number of carbonyl (C=O) groups is 1. The Hall–Kier alpha value is -2.99. The number of amides is 1. The topological polar surface area (TPSA) is 66.7 Å². The quantitative estimate of drug-likeness (QED) is 0.300. The zero-order chi connectivity index (χ0) is 23.7. The molecule has 0 aliphatic carbocycles. The first-order chi connectivity index (χ1) is 16.5. The smallest absolute Gasteiger partial charge is 0.270 e. The van der Waals surface area contributed by atoms with E-state index in [-0.39, 0.29) is 18.0 Å². The Balaban J connectivity index is 1.44. The lowest BCUT2D eigenvalue weighted by Gasteiger charge is -2.24. The molecule has 5 rings (SSSR count). The van der Waals surface area contributed by atoms with Gasteiger partial charge < -0.3 is 5.32 Å². The van der Waals surface area contributed by atoms with Crippen LogP contribution in [0.25, 0.3) is 10.8 Å². The SMILES string of the molecule is O=C(NC(c1ccc(Cl)cc1Cl)C1CC(c2ccc(Cl)cc2)N=N1)c1cc2ccccc2cn1. The minimum atomic E-state index is -0.508. The minimum Gasteiger partial charge on any atom is -0.342 e. The maximum atomic E-state index is 13.3. The predicted molar refractivity (Wildman–Crippen MR) is 136 cm³/mol. The Morgan fingerprint density at radius 2 is 1.62 bits per heavy atom. The maximum Gasteiger partial charge on any atom is 0.270 e. The third kappa shape index (κ3) is 4.78. The third-order valence-electron chi connectivity index (χ3n) is 5.91. The molecule has 34 heavy (non-hydrogen) atoms. The maximum absolute atomic E-state index is 13.3. The molecule has 0 radical (unpaired) electrons. The zero-order valence-electron chi connectivity index (χ0n) is 17.8. The third-order valence-corrected chi connectivity index (χ3v) is 6.72. The van der Waals surface area contributed by atoms with Gasteiger partial charge in [0.05, 0.1) is 18.1 Å². The first-order valence-corrected chi connectivity index (χ1v) is 11.9. The van der Waals surface area contributed by atoms with Crippen molar-refractivity contribution in [3.8, 4) is 0 Å². The molecule has 5 nitrogen and oxygen atoms in total. The summed E-state index contributed by atoms with van der Waals surface area (Å²) in [5.41, 5.74) is 2.05. The second-order valence-corrected chi connectivity index (χ2v) is 9.42. The van der Waals surface area contributed by atoms with Gasteiger partial charge in [0, 0.05) is 33.1 Å². The van der Waals surface area contributed by atoms with Crippen LogP contribution in [-0.2, 0) is 0 Å². The number of nitrogens with one attached hydrogen (secondary N) is 1. The molecule has 3 aromatic carbocycles. The molecule has 1 aromatic heterocycles. The summed E-state index contributed by atoms with van der Waals surface area (Å²) in [6.07, 6.45) is 2.30. The number of benzene rings is 3. The summed E-state index contributed by atoms with van der Waals surface area (Å²) in [5.74, 6) is -0.313. The Labute approximate surface area is 211 Å². The molecule has 1 N–H and O–H groups in total. The lowest BCUT2D eigenvalue weighted by atomic mass is 9.93. The van der Waals surface area contributed by atoms with Crippen molar-refractivity contribution in [3.63, 3.8) is 0 Å². The monoisotopic (exact) mass is 508 g/mol. The van der Waals surface area contributed by atoms with Crippen LogP contribution in [0.1, 0.15) is 40.1 Å². The van der Waals surface area contributed by atoms with Crippen molar-refractivity contribution >= 4 is 51.5 Å². The number of fused-ring (bicyclic) bond motifs is 1. The van der Waals surface area contributed by atoms with Crippen LogP contribution >= 0.6 is 34.8 Å². The molecule has 1 amide bonds. The van der Waals surface area contributed by atoms with Gasteiger partial charge in [0.15, 0.2) is 0 Å². The largest absolute Gasteiger partial charge is 0.342 e. The van der Waals surface area contributed by atoms with Crippen LogP contribution in [0.3, 0.4) is 0 Å². The number of hydrogen-bond donors (Lipinski definition) is 1. The molecule has 4 aromatic rings. The molecule has 3 atom stereocenters. The van der Waals surface area contributed by atoms with E-state index in [0.717, 1.165) is 21.9 Å². The van der Waals surface area contributed by atoms with Gasteiger partial charge >= 0.3 is 0 Å². The number of pyridine rings is 1. The lowest BCUT2D eigenvalue weighted by Crippen LogP contribution is -2.35. The van der Waals surface area contributed by atoms with E-state index in [1.54, 1.807) is 24.4 Å². The van der Waals surface area contributed by atoms with Crippen molar-refractivity contribution in [2.75, 3.05) is 0 Å². The van der Waals surface area contributed by atoms with Crippen molar-refractivity contribution in [3.05, 3.63) is 111 Å². The number of rotatable bonds is 5. The molecule has 0 spiro atoms. The summed E-state index contributed by atoms with van der Waals surface area (Å²) in [5, 5.41) is 15.6. The molecule has 1 aliphatic rings. The van der Waals surface area contributed by atoms with Crippen molar-refractivity contribution in [2.45, 2.75) is 24.5 Å². The molecular formula is C26H19Cl3N4O. The highest BCUT2D eigenvalue weighted by Crippen LogP contribution is 2.38. The van der Waals surface area contributed by atoms with Crippen molar-refractivity contribution in [1.29, 1.82) is 0 Å². The molecule has 170 valence electrons. The second-order valence-electron chi connectivity index (χ2n) is 8.14. The van der Waals surface area contributed by atoms with Gasteiger partial charge in [-0.15, -0.1) is 0 Å². The molecule has 3 unspecified atom stereocenters. The Bertz CT molecular complexity index is 1390. The molecule has 2 heterocycles. The van der Waals surface area contributed by atoms with Crippen molar-refractivity contribution in [2.24, 2.45) is 10.2 Å². The number of azo groups is 1. The van der Waals surface area contributed by atoms with Gasteiger partial charge in [0.2, 0.25) is 0 Å². The molecule has 0 saturated heterocycles. The highest BCUT2D eigenvalue weighted by atomic mass is 35.5. The van der Waals surface area contributed by atoms with E-state index in [2.05, 4.69) is 20.5 Å². The van der Waals surface area contributed by atoms with E-state index < -0.39 is 6.04 Å². The number of halogens is 3. The summed E-state index contributed by atoms with van der Waals surface area (Å²) in [6, 6.07) is 21.4. The zero-order valence-corrected chi connectivity index (χ0v) is 20.1. The van der Waals surface area contributed by atoms with Gasteiger partial charge in [-0.3, -0.25) is 9.78 Å². The van der Waals surface area contributed by atoms with E-state index >= 15 is 0 Å². The Morgan fingerprint density at radius 3 is 2.38 bits per heavy atom. The fourth-order valence-electron chi connectivity index (χ4n) is 4.14. The van der Waals surface area contributed by atoms with E-state index in [1.807, 2.05) is 54.6 Å². The lowest BCUT2D eigenvalue weighted by molar-refractivity contribution is 0.0925. The molecule has 0 saturated carbocycles. The van der Waals surface area contributed by atoms with E-state index in [4.69, 9.17) is 34.8 Å². The van der Waals surface area contributed by atoms with Crippen LogP contribution in [0.5, 0.6) is 0 Å². The minimum absolute atomic E-state index is 0.133. The fraction of sp³-hybridized carbons (Fsp3) is 0.154. The van der Waals surface area contributed by atoms with Crippen LogP contribution in [0.4, 0.5) is 0 Å². The van der Waals surface area contributed by atoms with Gasteiger partial charge in [-0.2, -0.15) is 10.2 Å². The van der Waals surface area contributed by atoms with Gasteiger partial charge in [-0.1, -0.05) is 77.3 Å². The summed E-state index contributed by atoms with van der Waals surface area (Å²) in [4.78, 5) is 17.6. The van der Waals surface area contributed by atoms with Crippen LogP contribution < -0.4 is 5.32 Å². The predicted octanol–water partition coefficient (Wildman–Crippen LogP) is 7.63. The first-order valence-electron chi connectivity index (χ1n) is 10.7. The fourth-order valence-corrected chi connectivity index (χ4v) is 4.79. The molecule has 8 heteroatoms. The summed E-state index contributed by atoms with van der Waals surface area (Å²) >= 11 is 18.7. The van der Waals surface area contributed by atoms with Gasteiger partial charge in [-0.25, -0.2) is 0 Å². The highest BCUT2D eigenvalue weighted by Gasteiger charge is 2.34. The number of aromatic nitrogens is 1. The van der Waals surface area contributed by atoms with Crippen molar-refractivity contribution in [1.82, 2.24) is 10.3 Å². The van der Waals surface area contributed by atoms with Crippen molar-refractivity contribution < 1.29 is 4.79 Å². The molecular weight excluding hydrogens is 491 g/mol. The van der Waals surface area contributed by atoms with E-state index in [1.165, 1.54) is 0 Å². The average molecular weight is 510 g/mol. The average Bonchev–Trinajstić information content (AvgIpc) is 3.33. The van der Waals surface area contributed by atoms with Gasteiger partial charge in [0.1, 0.15) is 5.69 Å². The second kappa shape index (κ2) is 9.71. The molecule has 0 bridgehead atoms. The number of carbonyl (C=O) groups excluding carboxylic acids is 1.